The average molecular weight is 195 g/mol. The molecule has 0 saturated heterocycles. The van der Waals surface area contributed by atoms with Gasteiger partial charge in [-0.2, -0.15) is 5.26 Å². The molecule has 0 aliphatic carbocycles. The molecule has 0 aliphatic heterocycles. The topological polar surface area (TPSA) is 79.0 Å². The van der Waals surface area contributed by atoms with Crippen molar-refractivity contribution in [3.05, 3.63) is 33.6 Å². The lowest BCUT2D eigenvalue weighted by Crippen LogP contribution is -1.99. The molecule has 1 aromatic rings. The zero-order chi connectivity index (χ0) is 10.7. The zero-order valence-electron chi connectivity index (χ0n) is 7.24. The van der Waals surface area contributed by atoms with E-state index in [0.717, 1.165) is 12.1 Å². The second-order valence-electron chi connectivity index (χ2n) is 2.47. The first-order valence-electron chi connectivity index (χ1n) is 3.66. The van der Waals surface area contributed by atoms with Gasteiger partial charge in [-0.25, -0.2) is 4.39 Å². The van der Waals surface area contributed by atoms with E-state index in [9.17, 15) is 14.5 Å². The molecule has 0 unspecified atom stereocenters. The Morgan fingerprint density at radius 3 is 2.71 bits per heavy atom. The maximum atomic E-state index is 13.0. The summed E-state index contributed by atoms with van der Waals surface area (Å²) in [4.78, 5) is 9.74. The fourth-order valence-electron chi connectivity index (χ4n) is 1.000. The fraction of sp³-hybridized carbons (Fsp3) is 0.125. The van der Waals surface area contributed by atoms with Gasteiger partial charge in [0.25, 0.3) is 5.69 Å². The first kappa shape index (κ1) is 9.92. The molecular weight excluding hydrogens is 189 g/mol. The summed E-state index contributed by atoms with van der Waals surface area (Å²) in [6.45, 7) is 0. The van der Waals surface area contributed by atoms with E-state index in [1.54, 1.807) is 6.07 Å². The van der Waals surface area contributed by atoms with E-state index in [2.05, 4.69) is 5.32 Å². The Balaban J connectivity index is 3.41. The largest absolute Gasteiger partial charge is 0.383 e. The highest BCUT2D eigenvalue weighted by molar-refractivity contribution is 5.64. The molecule has 6 heteroatoms. The lowest BCUT2D eigenvalue weighted by molar-refractivity contribution is -0.384. The van der Waals surface area contributed by atoms with Crippen molar-refractivity contribution in [3.63, 3.8) is 0 Å². The van der Waals surface area contributed by atoms with Gasteiger partial charge >= 0.3 is 0 Å². The SMILES string of the molecule is CNc1cc(C#N)c(F)cc1[N+](=O)[O-]. The molecular formula is C8H6FN3O2. The predicted octanol–water partition coefficient (Wildman–Crippen LogP) is 1.65. The third kappa shape index (κ3) is 1.61. The average Bonchev–Trinajstić information content (AvgIpc) is 2.17. The third-order valence-electron chi connectivity index (χ3n) is 1.67. The molecule has 1 aromatic carbocycles. The van der Waals surface area contributed by atoms with Crippen LogP contribution < -0.4 is 5.32 Å². The van der Waals surface area contributed by atoms with Crippen molar-refractivity contribution in [2.75, 3.05) is 12.4 Å². The van der Waals surface area contributed by atoms with Gasteiger partial charge in [0.1, 0.15) is 17.6 Å². The van der Waals surface area contributed by atoms with Gasteiger partial charge in [0.2, 0.25) is 0 Å². The summed E-state index contributed by atoms with van der Waals surface area (Å²) >= 11 is 0. The number of nitrogens with one attached hydrogen (secondary N) is 1. The van der Waals surface area contributed by atoms with Crippen LogP contribution in [-0.4, -0.2) is 12.0 Å². The minimum absolute atomic E-state index is 0.118. The van der Waals surface area contributed by atoms with Gasteiger partial charge in [0.05, 0.1) is 16.6 Å². The van der Waals surface area contributed by atoms with E-state index in [-0.39, 0.29) is 16.9 Å². The highest BCUT2D eigenvalue weighted by Crippen LogP contribution is 2.26. The smallest absolute Gasteiger partial charge is 0.295 e. The second kappa shape index (κ2) is 3.70. The van der Waals surface area contributed by atoms with E-state index in [1.807, 2.05) is 0 Å². The molecule has 0 fully saturated rings. The molecule has 1 rings (SSSR count). The summed E-state index contributed by atoms with van der Waals surface area (Å²) in [6, 6.07) is 3.43. The van der Waals surface area contributed by atoms with Crippen LogP contribution in [0.3, 0.4) is 0 Å². The lowest BCUT2D eigenvalue weighted by atomic mass is 10.2. The molecule has 0 spiro atoms. The monoisotopic (exact) mass is 195 g/mol. The Hall–Kier alpha value is -2.16. The first-order chi connectivity index (χ1) is 6.60. The van der Waals surface area contributed by atoms with Crippen molar-refractivity contribution in [2.45, 2.75) is 0 Å². The van der Waals surface area contributed by atoms with Gasteiger partial charge in [0.15, 0.2) is 0 Å². The highest BCUT2D eigenvalue weighted by atomic mass is 19.1. The van der Waals surface area contributed by atoms with Crippen molar-refractivity contribution >= 4 is 11.4 Å². The predicted molar refractivity (Wildman–Crippen MR) is 47.3 cm³/mol. The molecule has 0 aliphatic rings. The van der Waals surface area contributed by atoms with Crippen LogP contribution in [0.4, 0.5) is 15.8 Å². The first-order valence-corrected chi connectivity index (χ1v) is 3.66. The molecule has 0 radical (unpaired) electrons. The number of anilines is 1. The molecule has 72 valence electrons. The minimum atomic E-state index is -0.891. The van der Waals surface area contributed by atoms with Crippen LogP contribution in [0.1, 0.15) is 5.56 Å². The molecule has 14 heavy (non-hydrogen) atoms. The van der Waals surface area contributed by atoms with Crippen LogP contribution in [0.15, 0.2) is 12.1 Å². The van der Waals surface area contributed by atoms with Crippen LogP contribution in [-0.2, 0) is 0 Å². The number of halogens is 1. The number of rotatable bonds is 2. The maximum absolute atomic E-state index is 13.0. The molecule has 1 N–H and O–H groups in total. The molecule has 0 atom stereocenters. The van der Waals surface area contributed by atoms with Crippen molar-refractivity contribution in [3.8, 4) is 6.07 Å². The Labute approximate surface area is 78.9 Å². The molecule has 0 aromatic heterocycles. The number of benzene rings is 1. The minimum Gasteiger partial charge on any atom is -0.383 e. The van der Waals surface area contributed by atoms with Crippen molar-refractivity contribution < 1.29 is 9.31 Å². The van der Waals surface area contributed by atoms with Gasteiger partial charge in [0, 0.05) is 7.05 Å². The van der Waals surface area contributed by atoms with Gasteiger partial charge in [-0.3, -0.25) is 10.1 Å². The van der Waals surface area contributed by atoms with Crippen molar-refractivity contribution in [1.29, 1.82) is 5.26 Å². The number of nitro groups is 1. The molecule has 0 heterocycles. The molecule has 0 amide bonds. The van der Waals surface area contributed by atoms with Gasteiger partial charge in [-0.1, -0.05) is 0 Å². The van der Waals surface area contributed by atoms with Crippen molar-refractivity contribution in [2.24, 2.45) is 0 Å². The highest BCUT2D eigenvalue weighted by Gasteiger charge is 2.17. The van der Waals surface area contributed by atoms with Crippen LogP contribution in [0.5, 0.6) is 0 Å². The van der Waals surface area contributed by atoms with Gasteiger partial charge < -0.3 is 5.32 Å². The number of nitrogens with zero attached hydrogens (tertiary/aromatic N) is 2. The Bertz CT molecular complexity index is 425. The third-order valence-corrected chi connectivity index (χ3v) is 1.67. The number of nitriles is 1. The summed E-state index contributed by atoms with van der Waals surface area (Å²) in [6.07, 6.45) is 0. The van der Waals surface area contributed by atoms with Gasteiger partial charge in [-0.05, 0) is 6.07 Å². The second-order valence-corrected chi connectivity index (χ2v) is 2.47. The fourth-order valence-corrected chi connectivity index (χ4v) is 1.000. The standard InChI is InChI=1S/C8H6FN3O2/c1-11-7-2-5(4-10)6(9)3-8(7)12(13)14/h2-3,11H,1H3. The van der Waals surface area contributed by atoms with E-state index >= 15 is 0 Å². The number of nitro benzene ring substituents is 1. The van der Waals surface area contributed by atoms with Crippen molar-refractivity contribution in [1.82, 2.24) is 0 Å². The quantitative estimate of drug-likeness (QED) is 0.574. The molecule has 0 saturated carbocycles. The summed E-state index contributed by atoms with van der Waals surface area (Å²) in [5.41, 5.74) is -0.489. The Kier molecular flexibility index (Phi) is 2.62. The Morgan fingerprint density at radius 1 is 1.64 bits per heavy atom. The lowest BCUT2D eigenvalue weighted by Gasteiger charge is -2.02. The van der Waals surface area contributed by atoms with Crippen LogP contribution in [0.2, 0.25) is 0 Å². The van der Waals surface area contributed by atoms with Crippen LogP contribution in [0, 0.1) is 27.3 Å². The van der Waals surface area contributed by atoms with E-state index in [1.165, 1.54) is 7.05 Å². The zero-order valence-corrected chi connectivity index (χ0v) is 7.24. The maximum Gasteiger partial charge on any atom is 0.295 e. The van der Waals surface area contributed by atoms with Crippen LogP contribution >= 0.6 is 0 Å². The van der Waals surface area contributed by atoms with Crippen LogP contribution in [0.25, 0.3) is 0 Å². The van der Waals surface area contributed by atoms with E-state index in [4.69, 9.17) is 5.26 Å². The normalized spacial score (nSPS) is 9.21. The Morgan fingerprint density at radius 2 is 2.29 bits per heavy atom. The van der Waals surface area contributed by atoms with E-state index in [0.29, 0.717) is 0 Å². The summed E-state index contributed by atoms with van der Waals surface area (Å²) in [5.74, 6) is -0.891. The van der Waals surface area contributed by atoms with E-state index < -0.39 is 10.7 Å². The summed E-state index contributed by atoms with van der Waals surface area (Å²) < 4.78 is 13.0. The summed E-state index contributed by atoms with van der Waals surface area (Å²) in [5, 5.41) is 21.4. The number of hydrogen-bond donors (Lipinski definition) is 1. The van der Waals surface area contributed by atoms with Gasteiger partial charge in [-0.15, -0.1) is 0 Å². The molecule has 5 nitrogen and oxygen atoms in total. The number of hydrogen-bond acceptors (Lipinski definition) is 4. The summed E-state index contributed by atoms with van der Waals surface area (Å²) in [7, 11) is 1.46. The molecule has 0 bridgehead atoms.